The Morgan fingerprint density at radius 1 is 0.926 bits per heavy atom. The molecular formula is C19H24N4O4. The molecular weight excluding hydrogens is 348 g/mol. The normalized spacial score (nSPS) is 21.9. The fraction of sp³-hybridized carbons (Fsp3) is 0.526. The summed E-state index contributed by atoms with van der Waals surface area (Å²) in [4.78, 5) is 44.4. The molecule has 5 amide bonds. The zero-order chi connectivity index (χ0) is 18.8. The Labute approximate surface area is 158 Å². The van der Waals surface area contributed by atoms with Crippen molar-refractivity contribution in [2.75, 3.05) is 50.8 Å². The third-order valence-electron chi connectivity index (χ3n) is 5.46. The van der Waals surface area contributed by atoms with E-state index in [-0.39, 0.29) is 30.6 Å². The number of anilines is 1. The second-order valence-electron chi connectivity index (χ2n) is 7.08. The summed E-state index contributed by atoms with van der Waals surface area (Å²) in [6.45, 7) is 3.74. The number of piperidine rings is 1. The van der Waals surface area contributed by atoms with Crippen LogP contribution in [0.3, 0.4) is 0 Å². The van der Waals surface area contributed by atoms with E-state index in [9.17, 15) is 14.4 Å². The number of para-hydroxylation sites is 1. The molecule has 1 aromatic rings. The van der Waals surface area contributed by atoms with E-state index < -0.39 is 0 Å². The monoisotopic (exact) mass is 372 g/mol. The molecule has 3 aliphatic rings. The van der Waals surface area contributed by atoms with Gasteiger partial charge in [-0.25, -0.2) is 14.5 Å². The third-order valence-corrected chi connectivity index (χ3v) is 5.46. The van der Waals surface area contributed by atoms with Crippen LogP contribution in [0.1, 0.15) is 12.8 Å². The summed E-state index contributed by atoms with van der Waals surface area (Å²) in [5, 5.41) is 0. The molecule has 3 fully saturated rings. The summed E-state index contributed by atoms with van der Waals surface area (Å²) in [7, 11) is 0. The number of imide groups is 1. The van der Waals surface area contributed by atoms with Crippen LogP contribution in [-0.4, -0.2) is 84.6 Å². The van der Waals surface area contributed by atoms with E-state index in [1.54, 1.807) is 17.0 Å². The van der Waals surface area contributed by atoms with Gasteiger partial charge in [0.2, 0.25) is 0 Å². The fourth-order valence-corrected chi connectivity index (χ4v) is 3.96. The number of hydrogen-bond acceptors (Lipinski definition) is 4. The second-order valence-corrected chi connectivity index (χ2v) is 7.08. The van der Waals surface area contributed by atoms with Crippen LogP contribution in [0.2, 0.25) is 0 Å². The first-order valence-electron chi connectivity index (χ1n) is 9.45. The SMILES string of the molecule is O=C(N1CCOCC1)N1CCC(N2CC(=O)N(c3ccccc3)C2=O)CC1. The van der Waals surface area contributed by atoms with Crippen molar-refractivity contribution in [1.29, 1.82) is 0 Å². The number of amides is 5. The van der Waals surface area contributed by atoms with Crippen LogP contribution in [0, 0.1) is 0 Å². The zero-order valence-electron chi connectivity index (χ0n) is 15.2. The first-order chi connectivity index (χ1) is 13.1. The van der Waals surface area contributed by atoms with E-state index in [4.69, 9.17) is 4.74 Å². The highest BCUT2D eigenvalue weighted by Crippen LogP contribution is 2.26. The Balaban J connectivity index is 1.36. The van der Waals surface area contributed by atoms with Gasteiger partial charge in [-0.15, -0.1) is 0 Å². The average Bonchev–Trinajstić information content (AvgIpc) is 3.03. The average molecular weight is 372 g/mol. The number of carbonyl (C=O) groups is 3. The standard InChI is InChI=1S/C19H24N4O4/c24-17-14-22(19(26)23(17)16-4-2-1-3-5-16)15-6-8-20(9-7-15)18(25)21-10-12-27-13-11-21/h1-5,15H,6-14H2. The number of morpholine rings is 1. The lowest BCUT2D eigenvalue weighted by molar-refractivity contribution is -0.116. The lowest BCUT2D eigenvalue weighted by atomic mass is 10.0. The van der Waals surface area contributed by atoms with Crippen molar-refractivity contribution in [3.8, 4) is 0 Å². The van der Waals surface area contributed by atoms with Gasteiger partial charge in [0.25, 0.3) is 5.91 Å². The largest absolute Gasteiger partial charge is 0.378 e. The van der Waals surface area contributed by atoms with Gasteiger partial charge >= 0.3 is 12.1 Å². The molecule has 0 unspecified atom stereocenters. The van der Waals surface area contributed by atoms with E-state index in [0.717, 1.165) is 0 Å². The maximum Gasteiger partial charge on any atom is 0.332 e. The number of ether oxygens (including phenoxy) is 1. The van der Waals surface area contributed by atoms with Gasteiger partial charge in [0.1, 0.15) is 6.54 Å². The van der Waals surface area contributed by atoms with Crippen molar-refractivity contribution >= 4 is 23.7 Å². The molecule has 4 rings (SSSR count). The molecule has 3 heterocycles. The minimum atomic E-state index is -0.260. The van der Waals surface area contributed by atoms with Gasteiger partial charge in [0.15, 0.2) is 0 Å². The first kappa shape index (κ1) is 17.8. The van der Waals surface area contributed by atoms with Crippen LogP contribution in [0.5, 0.6) is 0 Å². The van der Waals surface area contributed by atoms with Crippen molar-refractivity contribution < 1.29 is 19.1 Å². The summed E-state index contributed by atoms with van der Waals surface area (Å²) in [6, 6.07) is 8.79. The first-order valence-corrected chi connectivity index (χ1v) is 9.45. The molecule has 8 nitrogen and oxygen atoms in total. The lowest BCUT2D eigenvalue weighted by Gasteiger charge is -2.39. The molecule has 3 saturated heterocycles. The van der Waals surface area contributed by atoms with Crippen LogP contribution < -0.4 is 4.90 Å². The number of nitrogens with zero attached hydrogens (tertiary/aromatic N) is 4. The van der Waals surface area contributed by atoms with Crippen LogP contribution >= 0.6 is 0 Å². The van der Waals surface area contributed by atoms with E-state index in [1.807, 2.05) is 28.0 Å². The predicted molar refractivity (Wildman–Crippen MR) is 98.4 cm³/mol. The smallest absolute Gasteiger partial charge is 0.332 e. The van der Waals surface area contributed by atoms with E-state index in [2.05, 4.69) is 0 Å². The van der Waals surface area contributed by atoms with Crippen molar-refractivity contribution in [2.24, 2.45) is 0 Å². The molecule has 3 aliphatic heterocycles. The highest BCUT2D eigenvalue weighted by molar-refractivity contribution is 6.19. The molecule has 0 bridgehead atoms. The highest BCUT2D eigenvalue weighted by atomic mass is 16.5. The lowest BCUT2D eigenvalue weighted by Crippen LogP contribution is -2.53. The number of rotatable bonds is 2. The van der Waals surface area contributed by atoms with Gasteiger partial charge < -0.3 is 19.4 Å². The summed E-state index contributed by atoms with van der Waals surface area (Å²) in [5.41, 5.74) is 0.606. The second kappa shape index (κ2) is 7.56. The molecule has 1 aromatic carbocycles. The summed E-state index contributed by atoms with van der Waals surface area (Å²) in [6.07, 6.45) is 1.38. The molecule has 0 spiro atoms. The van der Waals surface area contributed by atoms with Gasteiger partial charge in [-0.05, 0) is 25.0 Å². The fourth-order valence-electron chi connectivity index (χ4n) is 3.96. The van der Waals surface area contributed by atoms with Gasteiger partial charge in [0.05, 0.1) is 18.9 Å². The number of carbonyl (C=O) groups excluding carboxylic acids is 3. The molecule has 27 heavy (non-hydrogen) atoms. The van der Waals surface area contributed by atoms with Crippen molar-refractivity contribution in [3.63, 3.8) is 0 Å². The molecule has 0 saturated carbocycles. The van der Waals surface area contributed by atoms with Crippen LogP contribution in [0.25, 0.3) is 0 Å². The van der Waals surface area contributed by atoms with Gasteiger partial charge in [-0.2, -0.15) is 0 Å². The Hall–Kier alpha value is -2.61. The number of hydrogen-bond donors (Lipinski definition) is 0. The van der Waals surface area contributed by atoms with Gasteiger partial charge in [-0.3, -0.25) is 4.79 Å². The third kappa shape index (κ3) is 3.49. The van der Waals surface area contributed by atoms with Crippen molar-refractivity contribution in [2.45, 2.75) is 18.9 Å². The minimum Gasteiger partial charge on any atom is -0.378 e. The van der Waals surface area contributed by atoms with Crippen molar-refractivity contribution in [3.05, 3.63) is 30.3 Å². The Kier molecular flexibility index (Phi) is 4.98. The summed E-state index contributed by atoms with van der Waals surface area (Å²) >= 11 is 0. The quantitative estimate of drug-likeness (QED) is 0.735. The minimum absolute atomic E-state index is 0.0103. The van der Waals surface area contributed by atoms with E-state index in [0.29, 0.717) is 57.9 Å². The molecule has 0 aromatic heterocycles. The highest BCUT2D eigenvalue weighted by Gasteiger charge is 2.42. The van der Waals surface area contributed by atoms with Crippen LogP contribution in [0.15, 0.2) is 30.3 Å². The molecule has 0 atom stereocenters. The van der Waals surface area contributed by atoms with Gasteiger partial charge in [-0.1, -0.05) is 18.2 Å². The van der Waals surface area contributed by atoms with E-state index >= 15 is 0 Å². The number of likely N-dealkylation sites (tertiary alicyclic amines) is 1. The topological polar surface area (TPSA) is 73.4 Å². The number of urea groups is 2. The summed E-state index contributed by atoms with van der Waals surface area (Å²) < 4.78 is 5.30. The Morgan fingerprint density at radius 2 is 1.56 bits per heavy atom. The zero-order valence-corrected chi connectivity index (χ0v) is 15.2. The Bertz CT molecular complexity index is 712. The number of benzene rings is 1. The van der Waals surface area contributed by atoms with Crippen molar-refractivity contribution in [1.82, 2.24) is 14.7 Å². The maximum atomic E-state index is 12.8. The maximum absolute atomic E-state index is 12.8. The molecule has 144 valence electrons. The summed E-state index contributed by atoms with van der Waals surface area (Å²) in [5.74, 6) is -0.196. The molecule has 0 N–H and O–H groups in total. The predicted octanol–water partition coefficient (Wildman–Crippen LogP) is 1.37. The molecule has 8 heteroatoms. The Morgan fingerprint density at radius 3 is 2.22 bits per heavy atom. The van der Waals surface area contributed by atoms with Crippen LogP contribution in [-0.2, 0) is 9.53 Å². The molecule has 0 aliphatic carbocycles. The van der Waals surface area contributed by atoms with Gasteiger partial charge in [0, 0.05) is 32.2 Å². The van der Waals surface area contributed by atoms with E-state index in [1.165, 1.54) is 4.90 Å². The molecule has 0 radical (unpaired) electrons. The van der Waals surface area contributed by atoms with Crippen LogP contribution in [0.4, 0.5) is 15.3 Å².